The molecule has 0 aromatic heterocycles. The fourth-order valence-corrected chi connectivity index (χ4v) is 5.80. The van der Waals surface area contributed by atoms with Gasteiger partial charge in [0.05, 0.1) is 12.0 Å². The second-order valence-electron chi connectivity index (χ2n) is 7.84. The highest BCUT2D eigenvalue weighted by Gasteiger charge is 2.27. The molecule has 1 aliphatic heterocycles. The minimum Gasteiger partial charge on any atom is -0.495 e. The van der Waals surface area contributed by atoms with Crippen LogP contribution < -0.4 is 10.1 Å². The molecule has 1 heterocycles. The van der Waals surface area contributed by atoms with Crippen LogP contribution in [0.5, 0.6) is 5.75 Å². The van der Waals surface area contributed by atoms with Gasteiger partial charge in [-0.05, 0) is 49.5 Å². The van der Waals surface area contributed by atoms with Crippen molar-refractivity contribution in [3.05, 3.63) is 48.0 Å². The first kappa shape index (κ1) is 25.1. The molecule has 2 aromatic carbocycles. The van der Waals surface area contributed by atoms with Crippen molar-refractivity contribution in [2.24, 2.45) is 0 Å². The summed E-state index contributed by atoms with van der Waals surface area (Å²) < 4.78 is 58.5. The summed E-state index contributed by atoms with van der Waals surface area (Å²) in [5.74, 6) is -0.416. The summed E-state index contributed by atoms with van der Waals surface area (Å²) in [6.45, 7) is 2.18. The maximum Gasteiger partial charge on any atom is 0.255 e. The number of nitrogens with zero attached hydrogens (tertiary/aromatic N) is 3. The standard InChI is InChI=1S/C21H28N4O6S2/c1-23(2)33(29,30)20-15-16(5-10-19(20)31-4)21(26)22-17-6-8-18(9-7-17)32(27,28)25-13-11-24(3)12-14-25/h5-10,15H,11-14H2,1-4H3,(H,22,26). The van der Waals surface area contributed by atoms with Crippen LogP contribution in [0.15, 0.2) is 52.3 Å². The van der Waals surface area contributed by atoms with E-state index in [2.05, 4.69) is 10.2 Å². The van der Waals surface area contributed by atoms with E-state index in [1.165, 1.54) is 68.0 Å². The molecule has 0 aliphatic carbocycles. The Bertz CT molecular complexity index is 1220. The second-order valence-corrected chi connectivity index (χ2v) is 11.9. The number of amides is 1. The van der Waals surface area contributed by atoms with E-state index in [1.54, 1.807) is 0 Å². The fraction of sp³-hybridized carbons (Fsp3) is 0.381. The van der Waals surface area contributed by atoms with E-state index in [9.17, 15) is 21.6 Å². The van der Waals surface area contributed by atoms with Crippen molar-refractivity contribution < 1.29 is 26.4 Å². The number of ether oxygens (including phenoxy) is 1. The van der Waals surface area contributed by atoms with Gasteiger partial charge < -0.3 is 15.0 Å². The summed E-state index contributed by atoms with van der Waals surface area (Å²) in [5, 5.41) is 2.66. The lowest BCUT2D eigenvalue weighted by molar-refractivity contribution is 0.102. The minimum absolute atomic E-state index is 0.116. The van der Waals surface area contributed by atoms with Crippen molar-refractivity contribution in [3.63, 3.8) is 0 Å². The van der Waals surface area contributed by atoms with E-state index in [0.717, 1.165) is 4.31 Å². The zero-order valence-corrected chi connectivity index (χ0v) is 20.6. The van der Waals surface area contributed by atoms with Crippen LogP contribution in [0.25, 0.3) is 0 Å². The molecule has 3 rings (SSSR count). The molecule has 1 saturated heterocycles. The number of methoxy groups -OCH3 is 1. The van der Waals surface area contributed by atoms with Gasteiger partial charge in [0.2, 0.25) is 20.0 Å². The van der Waals surface area contributed by atoms with Gasteiger partial charge in [-0.15, -0.1) is 0 Å². The molecule has 0 saturated carbocycles. The van der Waals surface area contributed by atoms with Crippen LogP contribution in [0.2, 0.25) is 0 Å². The Morgan fingerprint density at radius 2 is 1.58 bits per heavy atom. The van der Waals surface area contributed by atoms with Crippen LogP contribution in [0.3, 0.4) is 0 Å². The molecular weight excluding hydrogens is 468 g/mol. The molecule has 12 heteroatoms. The van der Waals surface area contributed by atoms with Gasteiger partial charge in [-0.1, -0.05) is 0 Å². The van der Waals surface area contributed by atoms with E-state index in [0.29, 0.717) is 31.9 Å². The zero-order valence-electron chi connectivity index (χ0n) is 19.0. The molecule has 0 atom stereocenters. The average molecular weight is 497 g/mol. The predicted octanol–water partition coefficient (Wildman–Crippen LogP) is 1.13. The van der Waals surface area contributed by atoms with Crippen LogP contribution in [0.1, 0.15) is 10.4 Å². The number of hydrogen-bond acceptors (Lipinski definition) is 7. The van der Waals surface area contributed by atoms with E-state index < -0.39 is 26.0 Å². The van der Waals surface area contributed by atoms with Gasteiger partial charge in [-0.25, -0.2) is 21.1 Å². The highest BCUT2D eigenvalue weighted by atomic mass is 32.2. The highest BCUT2D eigenvalue weighted by molar-refractivity contribution is 7.89. The summed E-state index contributed by atoms with van der Waals surface area (Å²) >= 11 is 0. The van der Waals surface area contributed by atoms with Gasteiger partial charge >= 0.3 is 0 Å². The fourth-order valence-electron chi connectivity index (χ4n) is 3.31. The van der Waals surface area contributed by atoms with Gasteiger partial charge in [0.15, 0.2) is 0 Å². The van der Waals surface area contributed by atoms with Gasteiger partial charge in [0.25, 0.3) is 5.91 Å². The lowest BCUT2D eigenvalue weighted by Gasteiger charge is -2.31. The van der Waals surface area contributed by atoms with Crippen molar-refractivity contribution in [3.8, 4) is 5.75 Å². The van der Waals surface area contributed by atoms with Crippen LogP contribution in [-0.4, -0.2) is 90.7 Å². The molecule has 0 spiro atoms. The second kappa shape index (κ2) is 9.77. The van der Waals surface area contributed by atoms with Crippen molar-refractivity contribution in [1.82, 2.24) is 13.5 Å². The van der Waals surface area contributed by atoms with Crippen molar-refractivity contribution in [2.45, 2.75) is 9.79 Å². The first-order valence-corrected chi connectivity index (χ1v) is 13.1. The van der Waals surface area contributed by atoms with Crippen molar-refractivity contribution in [1.29, 1.82) is 0 Å². The number of rotatable bonds is 7. The van der Waals surface area contributed by atoms with Crippen LogP contribution in [-0.2, 0) is 20.0 Å². The molecule has 1 amide bonds. The molecule has 1 fully saturated rings. The Kier molecular flexibility index (Phi) is 7.44. The van der Waals surface area contributed by atoms with Gasteiger partial charge in [0.1, 0.15) is 10.6 Å². The average Bonchev–Trinajstić information content (AvgIpc) is 2.79. The number of nitrogens with one attached hydrogen (secondary N) is 1. The van der Waals surface area contributed by atoms with Gasteiger partial charge in [0, 0.05) is 51.5 Å². The molecule has 1 aliphatic rings. The SMILES string of the molecule is COc1ccc(C(=O)Nc2ccc(S(=O)(=O)N3CCN(C)CC3)cc2)cc1S(=O)(=O)N(C)C. The zero-order chi connectivity index (χ0) is 24.4. The van der Waals surface area contributed by atoms with E-state index >= 15 is 0 Å². The lowest BCUT2D eigenvalue weighted by Crippen LogP contribution is -2.46. The molecule has 1 N–H and O–H groups in total. The summed E-state index contributed by atoms with van der Waals surface area (Å²) in [4.78, 5) is 14.8. The molecule has 33 heavy (non-hydrogen) atoms. The molecular formula is C21H28N4O6S2. The normalized spacial score (nSPS) is 16.0. The van der Waals surface area contributed by atoms with Crippen LogP contribution >= 0.6 is 0 Å². The summed E-state index contributed by atoms with van der Waals surface area (Å²) in [5.41, 5.74) is 0.496. The van der Waals surface area contributed by atoms with E-state index in [1.807, 2.05) is 7.05 Å². The van der Waals surface area contributed by atoms with Crippen molar-refractivity contribution in [2.75, 3.05) is 59.7 Å². The first-order valence-electron chi connectivity index (χ1n) is 10.2. The largest absolute Gasteiger partial charge is 0.495 e. The molecule has 10 nitrogen and oxygen atoms in total. The maximum absolute atomic E-state index is 12.8. The van der Waals surface area contributed by atoms with E-state index in [4.69, 9.17) is 4.74 Å². The smallest absolute Gasteiger partial charge is 0.255 e. The first-order chi connectivity index (χ1) is 15.5. The Morgan fingerprint density at radius 3 is 2.12 bits per heavy atom. The van der Waals surface area contributed by atoms with Crippen LogP contribution in [0, 0.1) is 0 Å². The lowest BCUT2D eigenvalue weighted by atomic mass is 10.2. The summed E-state index contributed by atoms with van der Waals surface area (Å²) in [6, 6.07) is 10.0. The van der Waals surface area contributed by atoms with Crippen molar-refractivity contribution >= 4 is 31.6 Å². The number of hydrogen-bond donors (Lipinski definition) is 1. The molecule has 0 radical (unpaired) electrons. The number of anilines is 1. The summed E-state index contributed by atoms with van der Waals surface area (Å²) in [6.07, 6.45) is 0. The molecule has 180 valence electrons. The number of sulfonamides is 2. The highest BCUT2D eigenvalue weighted by Crippen LogP contribution is 2.27. The van der Waals surface area contributed by atoms with Crippen LogP contribution in [0.4, 0.5) is 5.69 Å². The Balaban J connectivity index is 1.79. The Labute approximate surface area is 194 Å². The molecule has 0 bridgehead atoms. The maximum atomic E-state index is 12.8. The number of piperazine rings is 1. The number of benzene rings is 2. The number of likely N-dealkylation sites (N-methyl/N-ethyl adjacent to an activating group) is 1. The monoisotopic (exact) mass is 496 g/mol. The Hall–Kier alpha value is -2.51. The van der Waals surface area contributed by atoms with E-state index in [-0.39, 0.29) is 21.1 Å². The van der Waals surface area contributed by atoms with Gasteiger partial charge in [-0.2, -0.15) is 4.31 Å². The Morgan fingerprint density at radius 1 is 0.970 bits per heavy atom. The molecule has 2 aromatic rings. The van der Waals surface area contributed by atoms with Gasteiger partial charge in [-0.3, -0.25) is 4.79 Å². The third-order valence-corrected chi connectivity index (χ3v) is 9.15. The molecule has 0 unspecified atom stereocenters. The quantitative estimate of drug-likeness (QED) is 0.611. The third-order valence-electron chi connectivity index (χ3n) is 5.40. The topological polar surface area (TPSA) is 116 Å². The third kappa shape index (κ3) is 5.36. The number of carbonyl (C=O) groups is 1. The number of carbonyl (C=O) groups excluding carboxylic acids is 1. The summed E-state index contributed by atoms with van der Waals surface area (Å²) in [7, 11) is -1.37. The minimum atomic E-state index is -3.83. The predicted molar refractivity (Wildman–Crippen MR) is 125 cm³/mol.